The zero-order chi connectivity index (χ0) is 16.9. The molecule has 0 aliphatic heterocycles. The molecule has 0 radical (unpaired) electrons. The fraction of sp³-hybridized carbons (Fsp3) is 0.583. The molecule has 0 bridgehead atoms. The van der Waals surface area contributed by atoms with E-state index in [1.54, 1.807) is 6.92 Å². The van der Waals surface area contributed by atoms with E-state index in [-0.39, 0.29) is 29.7 Å². The Morgan fingerprint density at radius 1 is 1.55 bits per heavy atom. The van der Waals surface area contributed by atoms with Crippen LogP contribution in [-0.2, 0) is 4.74 Å². The maximum absolute atomic E-state index is 14.3. The molecular formula is C12H22FN6O3+. The van der Waals surface area contributed by atoms with Crippen LogP contribution in [0.5, 0.6) is 0 Å². The van der Waals surface area contributed by atoms with Crippen LogP contribution in [-0.4, -0.2) is 57.5 Å². The average Bonchev–Trinajstić information content (AvgIpc) is 2.95. The number of imidazole rings is 1. The summed E-state index contributed by atoms with van der Waals surface area (Å²) in [4.78, 5) is 10.2. The van der Waals surface area contributed by atoms with E-state index in [0.717, 1.165) is 0 Å². The lowest BCUT2D eigenvalue weighted by molar-refractivity contribution is -0.116. The highest BCUT2D eigenvalue weighted by atomic mass is 19.1. The number of ether oxygens (including phenoxy) is 1. The second kappa shape index (κ2) is 7.82. The van der Waals surface area contributed by atoms with Crippen molar-refractivity contribution in [3.8, 4) is 0 Å². The number of aromatic amines is 1. The van der Waals surface area contributed by atoms with E-state index in [9.17, 15) is 14.6 Å². The third-order valence-corrected chi connectivity index (χ3v) is 3.08. The maximum atomic E-state index is 14.3. The number of H-pyrrole nitrogens is 1. The van der Waals surface area contributed by atoms with E-state index in [1.165, 1.54) is 13.3 Å². The predicted molar refractivity (Wildman–Crippen MR) is 77.4 cm³/mol. The number of aliphatic imine (C=N–C) groups is 1. The number of nitrogens with one attached hydrogen (secondary N) is 1. The minimum Gasteiger partial charge on any atom is -0.390 e. The summed E-state index contributed by atoms with van der Waals surface area (Å²) in [5, 5.41) is 24.5. The van der Waals surface area contributed by atoms with Gasteiger partial charge in [0.15, 0.2) is 12.0 Å². The molecule has 22 heavy (non-hydrogen) atoms. The molecule has 0 aliphatic rings. The van der Waals surface area contributed by atoms with Gasteiger partial charge in [0.1, 0.15) is 12.2 Å². The molecule has 4 atom stereocenters. The van der Waals surface area contributed by atoms with Crippen LogP contribution < -0.4 is 16.9 Å². The first-order chi connectivity index (χ1) is 10.3. The number of methoxy groups -OCH3 is 1. The number of nitrogens with zero attached hydrogens (tertiary/aromatic N) is 2. The standard InChI is InChI=1S/C12H21FN6O3/c1-3-6(20)8(21)7(13)9(22-2)5-4-17-11(18-5)10(14)19-12(15)16/h4,6-9,20-21H,3H2,1-2H3,(H,17,18)(H5,14,15,16,19)/p+1/t6?,7-,8-,9?/m1/s1. The van der Waals surface area contributed by atoms with E-state index in [4.69, 9.17) is 21.6 Å². The molecule has 0 amide bonds. The normalized spacial score (nSPS) is 17.8. The first-order valence-electron chi connectivity index (χ1n) is 6.62. The second-order valence-corrected chi connectivity index (χ2v) is 4.68. The van der Waals surface area contributed by atoms with Crippen LogP contribution in [0.3, 0.4) is 0 Å². The molecule has 0 saturated carbocycles. The Bertz CT molecular complexity index is 535. The molecule has 124 valence electrons. The summed E-state index contributed by atoms with van der Waals surface area (Å²) in [7, 11) is 1.27. The fourth-order valence-corrected chi connectivity index (χ4v) is 1.86. The van der Waals surface area contributed by atoms with Crippen LogP contribution in [0.4, 0.5) is 4.39 Å². The van der Waals surface area contributed by atoms with Crippen molar-refractivity contribution in [1.82, 2.24) is 9.97 Å². The molecule has 1 aromatic rings. The Morgan fingerprint density at radius 2 is 2.18 bits per heavy atom. The van der Waals surface area contributed by atoms with E-state index in [0.29, 0.717) is 0 Å². The average molecular weight is 317 g/mol. The Kier molecular flexibility index (Phi) is 6.40. The minimum absolute atomic E-state index is 0.0781. The lowest BCUT2D eigenvalue weighted by Gasteiger charge is -2.25. The SMILES string of the molecule is CCC(O)[C@@H](O)[C@@H](F)C(OC)c1cnc(C(N)=NC(N)=[NH2+])[nH]1. The third-order valence-electron chi connectivity index (χ3n) is 3.08. The summed E-state index contributed by atoms with van der Waals surface area (Å²) in [5.41, 5.74) is 11.0. The number of amidine groups is 1. The molecule has 2 unspecified atom stereocenters. The van der Waals surface area contributed by atoms with E-state index < -0.39 is 24.5 Å². The van der Waals surface area contributed by atoms with Crippen molar-refractivity contribution in [2.45, 2.75) is 37.8 Å². The van der Waals surface area contributed by atoms with Gasteiger partial charge in [-0.05, 0) is 6.42 Å². The first kappa shape index (κ1) is 18.0. The number of halogens is 1. The summed E-state index contributed by atoms with van der Waals surface area (Å²) >= 11 is 0. The molecule has 0 aliphatic carbocycles. The lowest BCUT2D eigenvalue weighted by atomic mass is 10.0. The van der Waals surface area contributed by atoms with Gasteiger partial charge in [0.25, 0.3) is 0 Å². The van der Waals surface area contributed by atoms with Gasteiger partial charge in [-0.2, -0.15) is 0 Å². The minimum atomic E-state index is -1.86. The van der Waals surface area contributed by atoms with Gasteiger partial charge in [-0.25, -0.2) is 9.37 Å². The largest absolute Gasteiger partial charge is 0.390 e. The van der Waals surface area contributed by atoms with Gasteiger partial charge in [0, 0.05) is 7.11 Å². The fourth-order valence-electron chi connectivity index (χ4n) is 1.86. The predicted octanol–water partition coefficient (Wildman–Crippen LogP) is -2.65. The molecule has 10 heteroatoms. The third kappa shape index (κ3) is 4.23. The van der Waals surface area contributed by atoms with Gasteiger partial charge in [0.05, 0.1) is 18.0 Å². The molecule has 1 rings (SSSR count). The monoisotopic (exact) mass is 317 g/mol. The van der Waals surface area contributed by atoms with Gasteiger partial charge in [-0.15, -0.1) is 0 Å². The number of alkyl halides is 1. The molecule has 0 aromatic carbocycles. The number of aliphatic hydroxyl groups is 2. The zero-order valence-electron chi connectivity index (χ0n) is 12.4. The summed E-state index contributed by atoms with van der Waals surface area (Å²) in [6, 6.07) is 0. The quantitative estimate of drug-likeness (QED) is 0.237. The highest BCUT2D eigenvalue weighted by molar-refractivity contribution is 6.00. The molecule has 0 saturated heterocycles. The van der Waals surface area contributed by atoms with E-state index in [1.807, 2.05) is 0 Å². The van der Waals surface area contributed by atoms with Crippen molar-refractivity contribution in [3.05, 3.63) is 17.7 Å². The summed E-state index contributed by atoms with van der Waals surface area (Å²) < 4.78 is 19.4. The highest BCUT2D eigenvalue weighted by Gasteiger charge is 2.34. The van der Waals surface area contributed by atoms with Crippen molar-refractivity contribution >= 4 is 11.8 Å². The Balaban J connectivity index is 2.97. The van der Waals surface area contributed by atoms with Gasteiger partial charge < -0.3 is 25.7 Å². The second-order valence-electron chi connectivity index (χ2n) is 4.68. The number of aliphatic hydroxyl groups excluding tert-OH is 2. The van der Waals surface area contributed by atoms with Gasteiger partial charge in [-0.1, -0.05) is 11.9 Å². The molecule has 9 N–H and O–H groups in total. The maximum Gasteiger partial charge on any atom is 0.382 e. The lowest BCUT2D eigenvalue weighted by Crippen LogP contribution is -2.45. The van der Waals surface area contributed by atoms with Gasteiger partial charge >= 0.3 is 5.96 Å². The Hall–Kier alpha value is -2.04. The summed E-state index contributed by atoms with van der Waals surface area (Å²) in [5.74, 6) is -0.197. The molecule has 1 heterocycles. The molecule has 0 fully saturated rings. The first-order valence-corrected chi connectivity index (χ1v) is 6.62. The number of nitrogens with two attached hydrogens (primary N) is 3. The zero-order valence-corrected chi connectivity index (χ0v) is 12.4. The summed E-state index contributed by atoms with van der Waals surface area (Å²) in [6.45, 7) is 1.63. The number of rotatable bonds is 7. The number of aromatic nitrogens is 2. The highest BCUT2D eigenvalue weighted by Crippen LogP contribution is 2.25. The molecular weight excluding hydrogens is 295 g/mol. The van der Waals surface area contributed by atoms with Crippen LogP contribution in [0.2, 0.25) is 0 Å². The van der Waals surface area contributed by atoms with Crippen LogP contribution in [0, 0.1) is 0 Å². The number of guanidine groups is 1. The summed E-state index contributed by atoms with van der Waals surface area (Å²) in [6.07, 6.45) is -4.33. The Labute approximate surface area is 126 Å². The van der Waals surface area contributed by atoms with Gasteiger partial charge in [0.2, 0.25) is 5.84 Å². The number of hydrogen-bond donors (Lipinski definition) is 6. The Morgan fingerprint density at radius 3 is 2.68 bits per heavy atom. The molecule has 1 aromatic heterocycles. The van der Waals surface area contributed by atoms with Crippen molar-refractivity contribution in [2.75, 3.05) is 7.11 Å². The van der Waals surface area contributed by atoms with Crippen LogP contribution in [0.25, 0.3) is 0 Å². The van der Waals surface area contributed by atoms with Crippen molar-refractivity contribution < 1.29 is 24.7 Å². The number of hydrogen-bond acceptors (Lipinski definition) is 4. The van der Waals surface area contributed by atoms with Gasteiger partial charge in [-0.3, -0.25) is 11.1 Å². The smallest absolute Gasteiger partial charge is 0.382 e. The van der Waals surface area contributed by atoms with Crippen LogP contribution in [0.15, 0.2) is 11.2 Å². The van der Waals surface area contributed by atoms with Crippen molar-refractivity contribution in [2.24, 2.45) is 16.5 Å². The molecule has 0 spiro atoms. The van der Waals surface area contributed by atoms with Crippen LogP contribution in [0.1, 0.15) is 31.0 Å². The molecule has 9 nitrogen and oxygen atoms in total. The van der Waals surface area contributed by atoms with E-state index in [2.05, 4.69) is 15.0 Å². The van der Waals surface area contributed by atoms with Crippen molar-refractivity contribution in [3.63, 3.8) is 0 Å². The van der Waals surface area contributed by atoms with E-state index >= 15 is 0 Å². The van der Waals surface area contributed by atoms with Crippen LogP contribution >= 0.6 is 0 Å². The van der Waals surface area contributed by atoms with Crippen molar-refractivity contribution in [1.29, 1.82) is 0 Å². The topological polar surface area (TPSA) is 168 Å².